The highest BCUT2D eigenvalue weighted by Gasteiger charge is 2.25. The summed E-state index contributed by atoms with van der Waals surface area (Å²) >= 11 is 1.62. The molecule has 0 radical (unpaired) electrons. The van der Waals surface area contributed by atoms with Gasteiger partial charge >= 0.3 is 4.96 Å². The standard InChI is InChI=1S/C16H12N3O2S.ClHO4/c20-19(21)14-5-1-11(2-6-14)9-12-3-4-13-10-17-16-18(15(12)13)7-8-22-16;2-1(3,4)5/h1-2,5-10H,3-4H2;(H,2,3,4,5)/q+1;/p-1/b12-9+;. The number of non-ortho nitro benzene ring substituents is 1. The fourth-order valence-corrected chi connectivity index (χ4v) is 3.53. The highest BCUT2D eigenvalue weighted by Crippen LogP contribution is 2.31. The van der Waals surface area contributed by atoms with E-state index < -0.39 is 10.2 Å². The zero-order valence-corrected chi connectivity index (χ0v) is 15.2. The Morgan fingerprint density at radius 1 is 1.15 bits per heavy atom. The monoisotopic (exact) mass is 409 g/mol. The van der Waals surface area contributed by atoms with Crippen LogP contribution in [-0.2, 0) is 6.42 Å². The summed E-state index contributed by atoms with van der Waals surface area (Å²) in [4.78, 5) is 15.8. The van der Waals surface area contributed by atoms with Crippen LogP contribution in [0.3, 0.4) is 0 Å². The van der Waals surface area contributed by atoms with Gasteiger partial charge in [0.25, 0.3) is 5.69 Å². The number of aryl methyl sites for hydroxylation is 1. The van der Waals surface area contributed by atoms with Gasteiger partial charge in [-0.25, -0.2) is 18.6 Å². The van der Waals surface area contributed by atoms with Crippen molar-refractivity contribution < 1.29 is 38.2 Å². The predicted molar refractivity (Wildman–Crippen MR) is 84.6 cm³/mol. The Morgan fingerprint density at radius 3 is 2.44 bits per heavy atom. The molecule has 0 spiro atoms. The van der Waals surface area contributed by atoms with E-state index in [1.807, 2.05) is 17.8 Å². The number of rotatable bonds is 2. The van der Waals surface area contributed by atoms with Crippen LogP contribution < -0.4 is 23.0 Å². The van der Waals surface area contributed by atoms with Crippen molar-refractivity contribution in [3.8, 4) is 0 Å². The van der Waals surface area contributed by atoms with Crippen molar-refractivity contribution in [2.45, 2.75) is 12.8 Å². The first-order valence-electron chi connectivity index (χ1n) is 7.56. The van der Waals surface area contributed by atoms with Crippen LogP contribution in [0.25, 0.3) is 16.6 Å². The molecule has 3 aromatic rings. The number of nitrogens with zero attached hydrogens (tertiary/aromatic N) is 3. The van der Waals surface area contributed by atoms with E-state index in [-0.39, 0.29) is 10.6 Å². The molecule has 0 bridgehead atoms. The first-order valence-corrected chi connectivity index (χ1v) is 9.67. The quantitative estimate of drug-likeness (QED) is 0.284. The largest absolute Gasteiger partial charge is 0.387 e. The first-order chi connectivity index (χ1) is 12.7. The van der Waals surface area contributed by atoms with Crippen molar-refractivity contribution in [1.29, 1.82) is 0 Å². The van der Waals surface area contributed by atoms with E-state index in [1.165, 1.54) is 16.8 Å². The molecule has 0 aliphatic heterocycles. The number of allylic oxidation sites excluding steroid dienone is 1. The maximum atomic E-state index is 10.7. The fourth-order valence-electron chi connectivity index (χ4n) is 2.85. The summed E-state index contributed by atoms with van der Waals surface area (Å²) in [6.45, 7) is 0. The normalized spacial score (nSPS) is 14.7. The zero-order valence-electron chi connectivity index (χ0n) is 13.6. The molecule has 0 atom stereocenters. The maximum Gasteiger partial charge on any atom is 0.387 e. The molecule has 0 fully saturated rings. The SMILES string of the molecule is O=[N+]([O-])c1ccc(/C=C2\CCc3cnc4scc[n+]4c32)cc1.[O-][Cl+3]([O-])([O-])[O-]. The predicted octanol–water partition coefficient (Wildman–Crippen LogP) is -1.48. The Kier molecular flexibility index (Phi) is 5.46. The first kappa shape index (κ1) is 19.3. The van der Waals surface area contributed by atoms with Gasteiger partial charge in [-0.2, -0.15) is 4.40 Å². The van der Waals surface area contributed by atoms with Crippen LogP contribution in [-0.4, -0.2) is 9.91 Å². The molecule has 0 saturated heterocycles. The van der Waals surface area contributed by atoms with Crippen molar-refractivity contribution in [1.82, 2.24) is 4.98 Å². The van der Waals surface area contributed by atoms with Gasteiger partial charge in [0, 0.05) is 28.6 Å². The number of fused-ring (bicyclic) bond motifs is 3. The van der Waals surface area contributed by atoms with Gasteiger partial charge in [-0.15, -0.1) is 10.2 Å². The van der Waals surface area contributed by atoms with Gasteiger partial charge in [-0.3, -0.25) is 10.1 Å². The van der Waals surface area contributed by atoms with E-state index in [2.05, 4.69) is 15.5 Å². The Balaban J connectivity index is 0.000000376. The van der Waals surface area contributed by atoms with Crippen molar-refractivity contribution in [2.24, 2.45) is 0 Å². The topological polar surface area (TPSA) is 152 Å². The lowest BCUT2D eigenvalue weighted by Gasteiger charge is -2.17. The number of hydrogen-bond acceptors (Lipinski definition) is 8. The number of nitro groups is 1. The van der Waals surface area contributed by atoms with Crippen LogP contribution in [0, 0.1) is 20.4 Å². The van der Waals surface area contributed by atoms with E-state index >= 15 is 0 Å². The second kappa shape index (κ2) is 7.64. The second-order valence-corrected chi connectivity index (χ2v) is 7.21. The van der Waals surface area contributed by atoms with E-state index in [9.17, 15) is 10.1 Å². The molecule has 2 heterocycles. The third kappa shape index (κ3) is 4.83. The lowest BCUT2D eigenvalue weighted by molar-refractivity contribution is -2.00. The van der Waals surface area contributed by atoms with Crippen LogP contribution in [0.4, 0.5) is 5.69 Å². The van der Waals surface area contributed by atoms with E-state index in [0.29, 0.717) is 0 Å². The Bertz CT molecular complexity index is 1010. The second-order valence-electron chi connectivity index (χ2n) is 5.58. The van der Waals surface area contributed by atoms with Crippen LogP contribution in [0.5, 0.6) is 0 Å². The van der Waals surface area contributed by atoms with Crippen LogP contribution in [0.15, 0.2) is 42.0 Å². The summed E-state index contributed by atoms with van der Waals surface area (Å²) < 4.78 is 36.1. The van der Waals surface area contributed by atoms with Crippen LogP contribution in [0.2, 0.25) is 0 Å². The number of aromatic nitrogens is 2. The molecule has 2 aromatic heterocycles. The Morgan fingerprint density at radius 2 is 1.81 bits per heavy atom. The fraction of sp³-hybridized carbons (Fsp3) is 0.125. The molecule has 1 aliphatic carbocycles. The van der Waals surface area contributed by atoms with Gasteiger partial charge in [0.2, 0.25) is 0 Å². The molecule has 4 rings (SSSR count). The number of nitro benzene ring substituents is 1. The number of halogens is 1. The summed E-state index contributed by atoms with van der Waals surface area (Å²) in [5.74, 6) is 0. The Labute approximate surface area is 159 Å². The van der Waals surface area contributed by atoms with Crippen molar-refractivity contribution >= 4 is 33.6 Å². The maximum absolute atomic E-state index is 10.7. The van der Waals surface area contributed by atoms with Gasteiger partial charge in [0.05, 0.1) is 4.92 Å². The van der Waals surface area contributed by atoms with E-state index in [1.54, 1.807) is 35.6 Å². The molecule has 1 aromatic carbocycles. The minimum Gasteiger partial charge on any atom is -0.258 e. The van der Waals surface area contributed by atoms with Gasteiger partial charge in [-0.1, -0.05) is 11.3 Å². The van der Waals surface area contributed by atoms with Crippen molar-refractivity contribution in [3.05, 3.63) is 69.0 Å². The average molecular weight is 410 g/mol. The lowest BCUT2D eigenvalue weighted by Crippen LogP contribution is -2.68. The number of benzene rings is 1. The van der Waals surface area contributed by atoms with Crippen LogP contribution >= 0.6 is 11.3 Å². The summed E-state index contributed by atoms with van der Waals surface area (Å²) in [5, 5.41) is 12.8. The molecule has 0 unspecified atom stereocenters. The minimum atomic E-state index is -4.94. The van der Waals surface area contributed by atoms with Crippen molar-refractivity contribution in [2.75, 3.05) is 0 Å². The number of thiazole rings is 1. The summed E-state index contributed by atoms with van der Waals surface area (Å²) in [6.07, 6.45) is 8.06. The third-order valence-corrected chi connectivity index (χ3v) is 4.65. The smallest absolute Gasteiger partial charge is 0.258 e. The lowest BCUT2D eigenvalue weighted by atomic mass is 10.1. The molecule has 9 nitrogen and oxygen atoms in total. The highest BCUT2D eigenvalue weighted by atomic mass is 35.7. The van der Waals surface area contributed by atoms with Gasteiger partial charge in [0.1, 0.15) is 18.1 Å². The zero-order chi connectivity index (χ0) is 19.6. The molecule has 27 heavy (non-hydrogen) atoms. The summed E-state index contributed by atoms with van der Waals surface area (Å²) in [6, 6.07) is 6.67. The van der Waals surface area contributed by atoms with E-state index in [4.69, 9.17) is 18.6 Å². The molecule has 0 saturated carbocycles. The molecule has 11 heteroatoms. The third-order valence-electron chi connectivity index (χ3n) is 3.88. The summed E-state index contributed by atoms with van der Waals surface area (Å²) in [7, 11) is -4.94. The van der Waals surface area contributed by atoms with E-state index in [0.717, 1.165) is 23.4 Å². The highest BCUT2D eigenvalue weighted by molar-refractivity contribution is 7.14. The Hall–Kier alpha value is -2.47. The molecule has 1 aliphatic rings. The van der Waals surface area contributed by atoms with Gasteiger partial charge in [0.15, 0.2) is 0 Å². The van der Waals surface area contributed by atoms with Crippen molar-refractivity contribution in [3.63, 3.8) is 0 Å². The molecular formula is C16H12ClN3O6S. The average Bonchev–Trinajstić information content (AvgIpc) is 3.20. The van der Waals surface area contributed by atoms with Gasteiger partial charge in [-0.05, 0) is 41.6 Å². The van der Waals surface area contributed by atoms with Gasteiger partial charge < -0.3 is 0 Å². The summed E-state index contributed by atoms with van der Waals surface area (Å²) in [5.41, 5.74) is 4.82. The molecule has 0 N–H and O–H groups in total. The molecule has 0 amide bonds. The van der Waals surface area contributed by atoms with Crippen LogP contribution in [0.1, 0.15) is 23.2 Å². The minimum absolute atomic E-state index is 0.118. The molecule has 140 valence electrons. The number of hydrogen-bond donors (Lipinski definition) is 0. The molecular weight excluding hydrogens is 398 g/mol.